The maximum atomic E-state index is 13.5. The van der Waals surface area contributed by atoms with Crippen molar-refractivity contribution in [2.24, 2.45) is 0 Å². The predicted octanol–water partition coefficient (Wildman–Crippen LogP) is 3.27. The number of aromatic amines is 1. The number of H-pyrrole nitrogens is 1. The minimum absolute atomic E-state index is 0.130. The van der Waals surface area contributed by atoms with E-state index < -0.39 is 82.2 Å². The number of phosphoric acid groups is 3. The molecule has 7 aromatic rings. The van der Waals surface area contributed by atoms with Gasteiger partial charge in [0.15, 0.2) is 33.3 Å². The third kappa shape index (κ3) is 8.64. The zero-order chi connectivity index (χ0) is 42.6. The highest BCUT2D eigenvalue weighted by Crippen LogP contribution is 2.63. The van der Waals surface area contributed by atoms with Crippen molar-refractivity contribution in [2.75, 3.05) is 24.3 Å². The van der Waals surface area contributed by atoms with Crippen LogP contribution >= 0.6 is 23.5 Å². The van der Waals surface area contributed by atoms with Gasteiger partial charge < -0.3 is 33.2 Å². The Balaban J connectivity index is 0.952. The third-order valence-electron chi connectivity index (χ3n) is 9.18. The number of imidazole rings is 1. The standard InChI is InChI=1S/C35H32N5O16P3S/c1-20(41)37-35-38-32-30(33(42)39-35)36-19-40(32)34-31(53-24-8-3-2-4-9-24)26(18-51-34)54-58(45,46)56-59(47,48)55-57(43,44)52-16-17-60(49,50)27-15-13-23-11-10-21-6-5-7-22-12-14-25(27)29(23)28(21)22/h2-15,19,26,31,34H,16-18H2,1H3,(H,43,44)(H,45,46)(H,47,48)(H2,37,38,39,41,42)/p-3/t26?,31-,34+/m0/s1. The van der Waals surface area contributed by atoms with Crippen molar-refractivity contribution >= 4 is 88.6 Å². The van der Waals surface area contributed by atoms with Gasteiger partial charge in [0.25, 0.3) is 29.0 Å². The summed E-state index contributed by atoms with van der Waals surface area (Å²) in [6, 6.07) is 23.6. The number of amides is 1. The van der Waals surface area contributed by atoms with Crippen LogP contribution in [-0.4, -0.2) is 65.0 Å². The number of anilines is 1. The van der Waals surface area contributed by atoms with Crippen LogP contribution in [0.2, 0.25) is 0 Å². The van der Waals surface area contributed by atoms with Crippen LogP contribution in [0.15, 0.2) is 101 Å². The number of ether oxygens (including phenoxy) is 2. The number of para-hydroxylation sites is 1. The van der Waals surface area contributed by atoms with E-state index in [9.17, 15) is 46.4 Å². The molecular weight excluding hydrogens is 871 g/mol. The molecule has 2 N–H and O–H groups in total. The van der Waals surface area contributed by atoms with Crippen molar-refractivity contribution in [3.63, 3.8) is 0 Å². The van der Waals surface area contributed by atoms with E-state index in [0.717, 1.165) is 27.9 Å². The Labute approximate surface area is 337 Å². The van der Waals surface area contributed by atoms with Gasteiger partial charge in [-0.15, -0.1) is 0 Å². The number of rotatable bonds is 15. The van der Waals surface area contributed by atoms with Gasteiger partial charge in [-0.1, -0.05) is 66.7 Å². The van der Waals surface area contributed by atoms with Crippen LogP contribution in [0.5, 0.6) is 5.75 Å². The summed E-state index contributed by atoms with van der Waals surface area (Å²) in [6.07, 6.45) is -3.41. The molecule has 1 amide bonds. The summed E-state index contributed by atoms with van der Waals surface area (Å²) >= 11 is 0. The van der Waals surface area contributed by atoms with Crippen LogP contribution in [0.25, 0.3) is 43.5 Å². The fourth-order valence-electron chi connectivity index (χ4n) is 6.84. The summed E-state index contributed by atoms with van der Waals surface area (Å²) in [4.78, 5) is 72.9. The maximum Gasteiger partial charge on any atom is 0.280 e. The molecule has 25 heteroatoms. The average molecular weight is 901 g/mol. The number of aromatic nitrogens is 4. The molecular formula is C35H29N5O16P3S-3. The number of benzene rings is 5. The van der Waals surface area contributed by atoms with Crippen molar-refractivity contribution in [2.45, 2.75) is 30.3 Å². The maximum absolute atomic E-state index is 13.5. The van der Waals surface area contributed by atoms with Crippen LogP contribution in [0.1, 0.15) is 13.2 Å². The number of nitrogens with one attached hydrogen (secondary N) is 2. The highest BCUT2D eigenvalue weighted by atomic mass is 32.2. The van der Waals surface area contributed by atoms with E-state index in [4.69, 9.17) is 14.0 Å². The SMILES string of the molecule is CC(=O)Nc1nc2c(ncn2[C@@H]2OCC(OP(=O)([O-])OP(=O)([O-])OP(=O)([O-])OCCS(=O)(=O)c3ccc4ccc5cccc6ccc3c4c56)[C@@H]2Oc2ccccc2)c(=O)[nH]1. The van der Waals surface area contributed by atoms with Crippen molar-refractivity contribution in [1.29, 1.82) is 0 Å². The smallest absolute Gasteiger partial charge is 0.280 e. The Hall–Kier alpha value is -4.92. The summed E-state index contributed by atoms with van der Waals surface area (Å²) in [6.45, 7) is -0.562. The van der Waals surface area contributed by atoms with Crippen LogP contribution in [0, 0.1) is 0 Å². The van der Waals surface area contributed by atoms with Gasteiger partial charge >= 0.3 is 0 Å². The Kier molecular flexibility index (Phi) is 11.0. The first-order valence-electron chi connectivity index (χ1n) is 17.5. The fourth-order valence-corrected chi connectivity index (χ4v) is 11.8. The lowest BCUT2D eigenvalue weighted by Crippen LogP contribution is -2.36. The zero-order valence-corrected chi connectivity index (χ0v) is 34.1. The molecule has 1 saturated heterocycles. The molecule has 4 unspecified atom stereocenters. The van der Waals surface area contributed by atoms with Gasteiger partial charge in [0.1, 0.15) is 11.9 Å². The predicted molar refractivity (Wildman–Crippen MR) is 206 cm³/mol. The lowest BCUT2D eigenvalue weighted by atomic mass is 9.94. The number of fused-ring (bicyclic) bond motifs is 1. The molecule has 1 aliphatic rings. The highest BCUT2D eigenvalue weighted by molar-refractivity contribution is 7.91. The van der Waals surface area contributed by atoms with Gasteiger partial charge in [-0.05, 0) is 45.1 Å². The number of hydrogen-bond donors (Lipinski definition) is 2. The number of sulfone groups is 1. The number of carbonyl (C=O) groups excluding carboxylic acids is 1. The van der Waals surface area contributed by atoms with Gasteiger partial charge in [0.2, 0.25) is 11.9 Å². The first kappa shape index (κ1) is 41.8. The molecule has 314 valence electrons. The second kappa shape index (κ2) is 15.8. The monoisotopic (exact) mass is 900 g/mol. The van der Waals surface area contributed by atoms with Gasteiger partial charge in [-0.25, -0.2) is 22.0 Å². The topological polar surface area (TPSA) is 303 Å². The minimum atomic E-state index is -6.38. The summed E-state index contributed by atoms with van der Waals surface area (Å²) < 4.78 is 95.6. The summed E-state index contributed by atoms with van der Waals surface area (Å²) in [5.41, 5.74) is -1.08. The normalized spacial score (nSPS) is 20.3. The number of hydrogen-bond acceptors (Lipinski definition) is 18. The van der Waals surface area contributed by atoms with E-state index in [1.54, 1.807) is 36.4 Å². The van der Waals surface area contributed by atoms with Crippen molar-refractivity contribution in [3.8, 4) is 5.75 Å². The molecule has 0 radical (unpaired) electrons. The summed E-state index contributed by atoms with van der Waals surface area (Å²) in [5, 5.41) is 6.75. The molecule has 0 saturated carbocycles. The molecule has 0 aliphatic carbocycles. The van der Waals surface area contributed by atoms with E-state index in [0.29, 0.717) is 10.8 Å². The van der Waals surface area contributed by atoms with E-state index in [-0.39, 0.29) is 27.8 Å². The lowest BCUT2D eigenvalue weighted by molar-refractivity contribution is -0.252. The van der Waals surface area contributed by atoms with Crippen LogP contribution < -0.4 is 30.3 Å². The van der Waals surface area contributed by atoms with Gasteiger partial charge in [0, 0.05) is 12.3 Å². The Bertz CT molecular complexity index is 3100. The quantitative estimate of drug-likeness (QED) is 0.110. The molecule has 21 nitrogen and oxygen atoms in total. The zero-order valence-electron chi connectivity index (χ0n) is 30.6. The molecule has 0 spiro atoms. The van der Waals surface area contributed by atoms with Crippen LogP contribution in [0.3, 0.4) is 0 Å². The molecule has 5 aromatic carbocycles. The molecule has 1 aliphatic heterocycles. The first-order chi connectivity index (χ1) is 28.4. The van der Waals surface area contributed by atoms with E-state index in [2.05, 4.69) is 33.4 Å². The van der Waals surface area contributed by atoms with Gasteiger partial charge in [0.05, 0.1) is 30.2 Å². The Morgan fingerprint density at radius 2 is 1.57 bits per heavy atom. The van der Waals surface area contributed by atoms with E-state index in [1.807, 2.05) is 30.3 Å². The largest absolute Gasteiger partial charge is 0.756 e. The molecule has 3 heterocycles. The third-order valence-corrected chi connectivity index (χ3v) is 15.1. The average Bonchev–Trinajstić information content (AvgIpc) is 3.76. The molecule has 60 heavy (non-hydrogen) atoms. The molecule has 1 fully saturated rings. The minimum Gasteiger partial charge on any atom is -0.756 e. The summed E-state index contributed by atoms with van der Waals surface area (Å²) in [5.74, 6) is -1.60. The molecule has 0 bridgehead atoms. The highest BCUT2D eigenvalue weighted by Gasteiger charge is 2.45. The van der Waals surface area contributed by atoms with Gasteiger partial charge in [-0.2, -0.15) is 4.98 Å². The number of phosphoric ester groups is 2. The summed E-state index contributed by atoms with van der Waals surface area (Å²) in [7, 11) is -22.7. The van der Waals surface area contributed by atoms with Crippen molar-refractivity contribution in [1.82, 2.24) is 19.5 Å². The second-order valence-corrected chi connectivity index (χ2v) is 19.8. The van der Waals surface area contributed by atoms with Crippen molar-refractivity contribution in [3.05, 3.63) is 102 Å². The Morgan fingerprint density at radius 1 is 0.900 bits per heavy atom. The van der Waals surface area contributed by atoms with Gasteiger partial charge in [-0.3, -0.25) is 38.2 Å². The number of carbonyl (C=O) groups is 1. The van der Waals surface area contributed by atoms with Crippen LogP contribution in [-0.2, 0) is 50.7 Å². The molecule has 2 aromatic heterocycles. The van der Waals surface area contributed by atoms with Crippen LogP contribution in [0.4, 0.5) is 5.95 Å². The fraction of sp³-hybridized carbons (Fsp3) is 0.200. The molecule has 6 atom stereocenters. The molecule has 8 rings (SSSR count). The number of nitrogens with zero attached hydrogens (tertiary/aromatic N) is 3. The Morgan fingerprint density at radius 3 is 2.28 bits per heavy atom. The first-order valence-corrected chi connectivity index (χ1v) is 23.6. The van der Waals surface area contributed by atoms with E-state index >= 15 is 0 Å². The second-order valence-electron chi connectivity index (χ2n) is 13.3. The lowest BCUT2D eigenvalue weighted by Gasteiger charge is -2.35. The van der Waals surface area contributed by atoms with E-state index in [1.165, 1.54) is 29.7 Å². The van der Waals surface area contributed by atoms with Crippen molar-refractivity contribution < 1.29 is 68.7 Å².